The van der Waals surface area contributed by atoms with E-state index in [1.165, 1.54) is 17.0 Å². The van der Waals surface area contributed by atoms with E-state index in [9.17, 15) is 9.50 Å². The number of hydrogen-bond donors (Lipinski definition) is 1. The lowest BCUT2D eigenvalue weighted by Gasteiger charge is -2.13. The summed E-state index contributed by atoms with van der Waals surface area (Å²) in [4.78, 5) is 1.17. The predicted molar refractivity (Wildman–Crippen MR) is 81.0 cm³/mol. The molecule has 0 saturated heterocycles. The predicted octanol–water partition coefficient (Wildman–Crippen LogP) is 4.59. The highest BCUT2D eigenvalue weighted by atomic mass is 79.9. The van der Waals surface area contributed by atoms with Crippen LogP contribution in [0.25, 0.3) is 0 Å². The molecule has 1 unspecified atom stereocenters. The minimum absolute atomic E-state index is 0.283. The van der Waals surface area contributed by atoms with Crippen molar-refractivity contribution in [2.45, 2.75) is 17.4 Å². The fraction of sp³-hybridized carbons (Fsp3) is 0.200. The van der Waals surface area contributed by atoms with Crippen molar-refractivity contribution in [1.82, 2.24) is 0 Å². The maximum absolute atomic E-state index is 13.0. The summed E-state index contributed by atoms with van der Waals surface area (Å²) in [5.41, 5.74) is 1.76. The van der Waals surface area contributed by atoms with Crippen molar-refractivity contribution in [1.29, 1.82) is 0 Å². The van der Waals surface area contributed by atoms with Gasteiger partial charge in [0.25, 0.3) is 0 Å². The average Bonchev–Trinajstić information content (AvgIpc) is 2.42. The summed E-state index contributed by atoms with van der Waals surface area (Å²) in [6.07, 6.45) is 1.89. The molecule has 100 valence electrons. The Labute approximate surface area is 125 Å². The molecule has 0 aliphatic heterocycles. The molecule has 0 aliphatic carbocycles. The van der Waals surface area contributed by atoms with Gasteiger partial charge in [0.1, 0.15) is 5.82 Å². The molecule has 0 spiro atoms. The molecule has 0 saturated carbocycles. The van der Waals surface area contributed by atoms with Gasteiger partial charge in [0.05, 0.1) is 6.10 Å². The molecule has 0 heterocycles. The molecule has 0 bridgehead atoms. The van der Waals surface area contributed by atoms with E-state index in [1.807, 2.05) is 30.5 Å². The SMILES string of the molecule is CSc1ccc(C(O)Cc2ccc(F)cc2Br)cc1. The smallest absolute Gasteiger partial charge is 0.124 e. The Morgan fingerprint density at radius 1 is 1.21 bits per heavy atom. The third kappa shape index (κ3) is 3.81. The molecule has 0 radical (unpaired) electrons. The third-order valence-corrected chi connectivity index (χ3v) is 4.41. The summed E-state index contributed by atoms with van der Waals surface area (Å²) in [6.45, 7) is 0. The Morgan fingerprint density at radius 3 is 2.47 bits per heavy atom. The van der Waals surface area contributed by atoms with Gasteiger partial charge in [-0.1, -0.05) is 34.1 Å². The minimum atomic E-state index is -0.585. The fourth-order valence-electron chi connectivity index (χ4n) is 1.84. The zero-order chi connectivity index (χ0) is 13.8. The van der Waals surface area contributed by atoms with Crippen molar-refractivity contribution in [3.63, 3.8) is 0 Å². The van der Waals surface area contributed by atoms with Crippen molar-refractivity contribution in [2.75, 3.05) is 6.26 Å². The molecule has 0 fully saturated rings. The Bertz CT molecular complexity index is 557. The summed E-state index contributed by atoms with van der Waals surface area (Å²) < 4.78 is 13.7. The van der Waals surface area contributed by atoms with Crippen LogP contribution in [0, 0.1) is 5.82 Å². The summed E-state index contributed by atoms with van der Waals surface area (Å²) in [5, 5.41) is 10.2. The van der Waals surface area contributed by atoms with Gasteiger partial charge in [-0.25, -0.2) is 4.39 Å². The van der Waals surface area contributed by atoms with Crippen LogP contribution < -0.4 is 0 Å². The van der Waals surface area contributed by atoms with Gasteiger partial charge in [-0.2, -0.15) is 0 Å². The highest BCUT2D eigenvalue weighted by Crippen LogP contribution is 2.26. The first-order valence-corrected chi connectivity index (χ1v) is 7.88. The number of thioether (sulfide) groups is 1. The quantitative estimate of drug-likeness (QED) is 0.821. The fourth-order valence-corrected chi connectivity index (χ4v) is 2.76. The largest absolute Gasteiger partial charge is 0.388 e. The second-order valence-electron chi connectivity index (χ2n) is 4.23. The van der Waals surface area contributed by atoms with E-state index in [4.69, 9.17) is 0 Å². The van der Waals surface area contributed by atoms with Crippen LogP contribution in [0.15, 0.2) is 51.8 Å². The van der Waals surface area contributed by atoms with Crippen LogP contribution in [0.2, 0.25) is 0 Å². The molecule has 0 aliphatic rings. The van der Waals surface area contributed by atoms with Crippen molar-refractivity contribution in [2.24, 2.45) is 0 Å². The summed E-state index contributed by atoms with van der Waals surface area (Å²) in [7, 11) is 0. The summed E-state index contributed by atoms with van der Waals surface area (Å²) >= 11 is 4.98. The van der Waals surface area contributed by atoms with E-state index in [0.717, 1.165) is 11.1 Å². The van der Waals surface area contributed by atoms with Gasteiger partial charge in [-0.3, -0.25) is 0 Å². The van der Waals surface area contributed by atoms with Crippen molar-refractivity contribution in [3.8, 4) is 0 Å². The monoisotopic (exact) mass is 340 g/mol. The maximum Gasteiger partial charge on any atom is 0.124 e. The van der Waals surface area contributed by atoms with Gasteiger partial charge in [-0.15, -0.1) is 11.8 Å². The molecule has 2 rings (SSSR count). The molecule has 2 aromatic rings. The number of aliphatic hydroxyl groups is 1. The van der Waals surface area contributed by atoms with Crippen LogP contribution in [0.5, 0.6) is 0 Å². The van der Waals surface area contributed by atoms with Crippen molar-refractivity contribution >= 4 is 27.7 Å². The zero-order valence-corrected chi connectivity index (χ0v) is 12.8. The second kappa shape index (κ2) is 6.55. The second-order valence-corrected chi connectivity index (χ2v) is 5.96. The molecular weight excluding hydrogens is 327 g/mol. The van der Waals surface area contributed by atoms with Gasteiger partial charge in [0, 0.05) is 15.8 Å². The molecule has 0 amide bonds. The van der Waals surface area contributed by atoms with Crippen molar-refractivity contribution in [3.05, 3.63) is 63.9 Å². The normalized spacial score (nSPS) is 12.4. The zero-order valence-electron chi connectivity index (χ0n) is 10.4. The highest BCUT2D eigenvalue weighted by molar-refractivity contribution is 9.10. The van der Waals surface area contributed by atoms with E-state index in [-0.39, 0.29) is 5.82 Å². The number of hydrogen-bond acceptors (Lipinski definition) is 2. The first-order valence-electron chi connectivity index (χ1n) is 5.86. The Morgan fingerprint density at radius 2 is 1.89 bits per heavy atom. The number of rotatable bonds is 4. The lowest BCUT2D eigenvalue weighted by molar-refractivity contribution is 0.178. The van der Waals surface area contributed by atoms with Gasteiger partial charge in [0.15, 0.2) is 0 Å². The van der Waals surface area contributed by atoms with E-state index in [0.29, 0.717) is 10.9 Å². The highest BCUT2D eigenvalue weighted by Gasteiger charge is 2.11. The number of halogens is 2. The van der Waals surface area contributed by atoms with Crippen LogP contribution in [-0.2, 0) is 6.42 Å². The Balaban J connectivity index is 2.13. The van der Waals surface area contributed by atoms with Crippen LogP contribution >= 0.6 is 27.7 Å². The Kier molecular flexibility index (Phi) is 5.02. The van der Waals surface area contributed by atoms with E-state index < -0.39 is 6.10 Å². The molecule has 1 nitrogen and oxygen atoms in total. The van der Waals surface area contributed by atoms with E-state index >= 15 is 0 Å². The van der Waals surface area contributed by atoms with Gasteiger partial charge in [-0.05, 0) is 41.6 Å². The summed E-state index contributed by atoms with van der Waals surface area (Å²) in [6, 6.07) is 12.3. The average molecular weight is 341 g/mol. The first-order chi connectivity index (χ1) is 9.10. The molecule has 19 heavy (non-hydrogen) atoms. The van der Waals surface area contributed by atoms with Gasteiger partial charge >= 0.3 is 0 Å². The molecule has 1 N–H and O–H groups in total. The van der Waals surface area contributed by atoms with E-state index in [2.05, 4.69) is 15.9 Å². The molecular formula is C15H14BrFOS. The van der Waals surface area contributed by atoms with Gasteiger partial charge in [0.2, 0.25) is 0 Å². The minimum Gasteiger partial charge on any atom is -0.388 e. The molecule has 1 atom stereocenters. The van der Waals surface area contributed by atoms with E-state index in [1.54, 1.807) is 17.8 Å². The molecule has 4 heteroatoms. The number of aliphatic hydroxyl groups excluding tert-OH is 1. The number of benzene rings is 2. The topological polar surface area (TPSA) is 20.2 Å². The maximum atomic E-state index is 13.0. The molecule has 0 aromatic heterocycles. The summed E-state index contributed by atoms with van der Waals surface area (Å²) in [5.74, 6) is -0.283. The van der Waals surface area contributed by atoms with Crippen LogP contribution in [0.1, 0.15) is 17.2 Å². The third-order valence-electron chi connectivity index (χ3n) is 2.93. The lowest BCUT2D eigenvalue weighted by Crippen LogP contribution is -2.02. The molecule has 2 aromatic carbocycles. The van der Waals surface area contributed by atoms with Crippen LogP contribution in [0.4, 0.5) is 4.39 Å². The van der Waals surface area contributed by atoms with Crippen molar-refractivity contribution < 1.29 is 9.50 Å². The lowest BCUT2D eigenvalue weighted by atomic mass is 10.0. The van der Waals surface area contributed by atoms with Gasteiger partial charge < -0.3 is 5.11 Å². The first kappa shape index (κ1) is 14.6. The van der Waals surface area contributed by atoms with Crippen LogP contribution in [-0.4, -0.2) is 11.4 Å². The Hall–Kier alpha value is -0.840. The standard InChI is InChI=1S/C15H14BrFOS/c1-19-13-6-3-10(4-7-13)15(18)8-11-2-5-12(17)9-14(11)16/h2-7,9,15,18H,8H2,1H3. The van der Waals surface area contributed by atoms with Crippen LogP contribution in [0.3, 0.4) is 0 Å².